The van der Waals surface area contributed by atoms with Crippen molar-refractivity contribution in [1.82, 2.24) is 4.57 Å². The molecular formula is C28H26N2O8S. The lowest BCUT2D eigenvalue weighted by Crippen LogP contribution is -2.40. The fourth-order valence-corrected chi connectivity index (χ4v) is 5.23. The molecule has 0 bridgehead atoms. The molecule has 11 heteroatoms. The summed E-state index contributed by atoms with van der Waals surface area (Å²) < 4.78 is 22.5. The number of fused-ring (bicyclic) bond motifs is 1. The van der Waals surface area contributed by atoms with Crippen LogP contribution < -0.4 is 24.4 Å². The molecule has 0 fully saturated rings. The van der Waals surface area contributed by atoms with Gasteiger partial charge in [0.05, 0.1) is 48.2 Å². The monoisotopic (exact) mass is 550 g/mol. The Kier molecular flexibility index (Phi) is 8.10. The smallest absolute Gasteiger partial charge is 0.338 e. The Labute approximate surface area is 227 Å². The molecule has 0 N–H and O–H groups in total. The van der Waals surface area contributed by atoms with Gasteiger partial charge in [-0.2, -0.15) is 0 Å². The van der Waals surface area contributed by atoms with Crippen LogP contribution in [0.25, 0.3) is 6.08 Å². The van der Waals surface area contributed by atoms with Crippen LogP contribution in [0.3, 0.4) is 0 Å². The number of hydrogen-bond donors (Lipinski definition) is 0. The van der Waals surface area contributed by atoms with Crippen molar-refractivity contribution < 1.29 is 33.3 Å². The number of carbonyl (C=O) groups excluding carboxylic acids is 3. The minimum atomic E-state index is -0.871. The Bertz CT molecular complexity index is 1660. The van der Waals surface area contributed by atoms with Crippen LogP contribution in [-0.2, 0) is 19.1 Å². The number of nitrogens with zero attached hydrogens (tertiary/aromatic N) is 2. The summed E-state index contributed by atoms with van der Waals surface area (Å²) in [6, 6.07) is 10.6. The zero-order chi connectivity index (χ0) is 28.3. The average molecular weight is 551 g/mol. The van der Waals surface area contributed by atoms with E-state index in [0.717, 1.165) is 0 Å². The second-order valence-corrected chi connectivity index (χ2v) is 9.43. The van der Waals surface area contributed by atoms with Crippen LogP contribution in [0.2, 0.25) is 0 Å². The summed E-state index contributed by atoms with van der Waals surface area (Å²) in [5.74, 6) is -1.11. The first kappa shape index (κ1) is 27.5. The highest BCUT2D eigenvalue weighted by molar-refractivity contribution is 7.07. The first-order valence-electron chi connectivity index (χ1n) is 11.9. The Morgan fingerprint density at radius 3 is 2.38 bits per heavy atom. The zero-order valence-corrected chi connectivity index (χ0v) is 22.8. The highest BCUT2D eigenvalue weighted by Gasteiger charge is 2.34. The van der Waals surface area contributed by atoms with E-state index in [-0.39, 0.29) is 29.2 Å². The largest absolute Gasteiger partial charge is 0.493 e. The van der Waals surface area contributed by atoms with Crippen molar-refractivity contribution >= 4 is 35.3 Å². The number of allylic oxidation sites excluding steroid dienone is 1. The van der Waals surface area contributed by atoms with Gasteiger partial charge in [-0.25, -0.2) is 14.6 Å². The van der Waals surface area contributed by atoms with E-state index in [4.69, 9.17) is 18.9 Å². The molecule has 1 aromatic heterocycles. The quantitative estimate of drug-likeness (QED) is 0.325. The summed E-state index contributed by atoms with van der Waals surface area (Å²) in [6.45, 7) is 4.80. The van der Waals surface area contributed by atoms with E-state index >= 15 is 0 Å². The van der Waals surface area contributed by atoms with Crippen molar-refractivity contribution in [3.05, 3.63) is 90.1 Å². The van der Waals surface area contributed by atoms with Crippen LogP contribution in [0.15, 0.2) is 63.5 Å². The van der Waals surface area contributed by atoms with E-state index in [1.54, 1.807) is 62.4 Å². The molecule has 1 aliphatic rings. The summed E-state index contributed by atoms with van der Waals surface area (Å²) in [5, 5.41) is 0. The highest BCUT2D eigenvalue weighted by Crippen LogP contribution is 2.36. The Hall–Kier alpha value is -4.51. The third-order valence-corrected chi connectivity index (χ3v) is 6.89. The number of aromatic nitrogens is 1. The summed E-state index contributed by atoms with van der Waals surface area (Å²) in [5.41, 5.74) is 1.88. The number of esters is 3. The molecule has 2 aromatic carbocycles. The Morgan fingerprint density at radius 1 is 1.05 bits per heavy atom. The highest BCUT2D eigenvalue weighted by atomic mass is 32.1. The van der Waals surface area contributed by atoms with Gasteiger partial charge >= 0.3 is 17.9 Å². The van der Waals surface area contributed by atoms with Gasteiger partial charge in [-0.3, -0.25) is 14.2 Å². The SMILES string of the molecule is CCOC(=O)C1=C(C)N=c2s/c(=C\c3ccc(C(=O)OC)cc3)c(=O)n2C1c1ccc(OC(C)=O)c(OC)c1. The standard InChI is InChI=1S/C28H26N2O8S/c1-6-37-27(34)23-15(2)29-28-30(24(23)19-11-12-20(38-16(3)31)21(14-19)35-4)25(32)22(39-28)13-17-7-9-18(10-8-17)26(33)36-5/h7-14,24H,6H2,1-5H3/b22-13-. The summed E-state index contributed by atoms with van der Waals surface area (Å²) in [6.07, 6.45) is 1.69. The first-order valence-corrected chi connectivity index (χ1v) is 12.7. The van der Waals surface area contributed by atoms with Crippen molar-refractivity contribution in [3.8, 4) is 11.5 Å². The van der Waals surface area contributed by atoms with Crippen LogP contribution >= 0.6 is 11.3 Å². The third-order valence-electron chi connectivity index (χ3n) is 5.90. The number of rotatable bonds is 7. The maximum absolute atomic E-state index is 13.8. The second kappa shape index (κ2) is 11.5. The van der Waals surface area contributed by atoms with Crippen LogP contribution in [0.5, 0.6) is 11.5 Å². The van der Waals surface area contributed by atoms with Crippen molar-refractivity contribution in [2.45, 2.75) is 26.8 Å². The van der Waals surface area contributed by atoms with Gasteiger partial charge in [0.1, 0.15) is 0 Å². The number of hydrogen-bond acceptors (Lipinski definition) is 10. The van der Waals surface area contributed by atoms with E-state index in [0.29, 0.717) is 31.7 Å². The molecule has 0 amide bonds. The molecule has 2 heterocycles. The number of thiazole rings is 1. The van der Waals surface area contributed by atoms with Crippen LogP contribution in [-0.4, -0.2) is 43.3 Å². The van der Waals surface area contributed by atoms with E-state index in [9.17, 15) is 19.2 Å². The van der Waals surface area contributed by atoms with E-state index in [1.165, 1.54) is 37.0 Å². The second-order valence-electron chi connectivity index (χ2n) is 8.42. The van der Waals surface area contributed by atoms with Gasteiger partial charge in [0, 0.05) is 6.92 Å². The van der Waals surface area contributed by atoms with Crippen molar-refractivity contribution in [2.24, 2.45) is 4.99 Å². The Morgan fingerprint density at radius 2 is 1.77 bits per heavy atom. The van der Waals surface area contributed by atoms with Crippen molar-refractivity contribution in [2.75, 3.05) is 20.8 Å². The number of methoxy groups -OCH3 is 2. The van der Waals surface area contributed by atoms with E-state index < -0.39 is 23.9 Å². The van der Waals surface area contributed by atoms with Gasteiger partial charge in [-0.05, 0) is 55.3 Å². The number of carbonyl (C=O) groups is 3. The fraction of sp³-hybridized carbons (Fsp3) is 0.250. The molecule has 0 saturated heterocycles. The van der Waals surface area contributed by atoms with Gasteiger partial charge in [0.25, 0.3) is 5.56 Å². The fourth-order valence-electron chi connectivity index (χ4n) is 4.18. The lowest BCUT2D eigenvalue weighted by Gasteiger charge is -2.25. The van der Waals surface area contributed by atoms with Crippen molar-refractivity contribution in [1.29, 1.82) is 0 Å². The van der Waals surface area contributed by atoms with Gasteiger partial charge < -0.3 is 18.9 Å². The van der Waals surface area contributed by atoms with Gasteiger partial charge in [0.2, 0.25) is 0 Å². The lowest BCUT2D eigenvalue weighted by atomic mass is 9.95. The normalized spacial score (nSPS) is 14.8. The molecule has 202 valence electrons. The molecule has 10 nitrogen and oxygen atoms in total. The topological polar surface area (TPSA) is 122 Å². The van der Waals surface area contributed by atoms with Crippen LogP contribution in [0.4, 0.5) is 0 Å². The molecule has 4 rings (SSSR count). The van der Waals surface area contributed by atoms with Crippen LogP contribution in [0, 0.1) is 0 Å². The average Bonchev–Trinajstić information content (AvgIpc) is 3.21. The van der Waals surface area contributed by atoms with E-state index in [1.807, 2.05) is 0 Å². The predicted octanol–water partition coefficient (Wildman–Crippen LogP) is 2.52. The van der Waals surface area contributed by atoms with Crippen LogP contribution in [0.1, 0.15) is 48.3 Å². The molecular weight excluding hydrogens is 524 g/mol. The molecule has 1 aliphatic heterocycles. The number of ether oxygens (including phenoxy) is 4. The zero-order valence-electron chi connectivity index (χ0n) is 22.0. The molecule has 1 unspecified atom stereocenters. The minimum Gasteiger partial charge on any atom is -0.493 e. The minimum absolute atomic E-state index is 0.142. The maximum Gasteiger partial charge on any atom is 0.338 e. The summed E-state index contributed by atoms with van der Waals surface area (Å²) in [7, 11) is 2.73. The number of benzene rings is 2. The Balaban J connectivity index is 1.90. The summed E-state index contributed by atoms with van der Waals surface area (Å²) >= 11 is 1.17. The molecule has 0 radical (unpaired) electrons. The molecule has 1 atom stereocenters. The summed E-state index contributed by atoms with van der Waals surface area (Å²) in [4.78, 5) is 55.1. The first-order chi connectivity index (χ1) is 18.7. The molecule has 39 heavy (non-hydrogen) atoms. The molecule has 0 saturated carbocycles. The van der Waals surface area contributed by atoms with Gasteiger partial charge in [-0.15, -0.1) is 0 Å². The molecule has 3 aromatic rings. The van der Waals surface area contributed by atoms with Gasteiger partial charge in [-0.1, -0.05) is 29.5 Å². The maximum atomic E-state index is 13.8. The van der Waals surface area contributed by atoms with E-state index in [2.05, 4.69) is 4.99 Å². The third kappa shape index (κ3) is 5.53. The molecule has 0 aliphatic carbocycles. The predicted molar refractivity (Wildman–Crippen MR) is 142 cm³/mol. The van der Waals surface area contributed by atoms with Crippen molar-refractivity contribution in [3.63, 3.8) is 0 Å². The lowest BCUT2D eigenvalue weighted by molar-refractivity contribution is -0.139. The molecule has 0 spiro atoms. The van der Waals surface area contributed by atoms with Gasteiger partial charge in [0.15, 0.2) is 16.3 Å².